The highest BCUT2D eigenvalue weighted by Gasteiger charge is 2.09. The van der Waals surface area contributed by atoms with Crippen LogP contribution in [0.3, 0.4) is 0 Å². The van der Waals surface area contributed by atoms with Crippen molar-refractivity contribution in [2.45, 2.75) is 13.8 Å². The molecule has 0 fully saturated rings. The highest BCUT2D eigenvalue weighted by Crippen LogP contribution is 2.20. The third kappa shape index (κ3) is 2.48. The van der Waals surface area contributed by atoms with E-state index in [-0.39, 0.29) is 5.56 Å². The maximum absolute atomic E-state index is 12.2. The number of aryl methyl sites for hydroxylation is 2. The summed E-state index contributed by atoms with van der Waals surface area (Å²) < 4.78 is 1.70. The van der Waals surface area contributed by atoms with Crippen LogP contribution < -0.4 is 5.56 Å². The average molecular weight is 277 g/mol. The van der Waals surface area contributed by atoms with Crippen molar-refractivity contribution < 1.29 is 0 Å². The van der Waals surface area contributed by atoms with Crippen LogP contribution in [0.1, 0.15) is 11.3 Å². The largest absolute Gasteiger partial charge is 0.281 e. The molecule has 0 saturated carbocycles. The minimum atomic E-state index is -0.0451. The number of hydrogen-bond acceptors (Lipinski definition) is 3. The molecule has 0 aliphatic carbocycles. The summed E-state index contributed by atoms with van der Waals surface area (Å²) in [4.78, 5) is 20.9. The molecule has 0 radical (unpaired) electrons. The quantitative estimate of drug-likeness (QED) is 0.723. The maximum atomic E-state index is 12.2. The Labute approximate surface area is 122 Å². The van der Waals surface area contributed by atoms with Crippen molar-refractivity contribution in [2.24, 2.45) is 0 Å². The molecule has 0 bridgehead atoms. The second kappa shape index (κ2) is 5.32. The zero-order valence-electron chi connectivity index (χ0n) is 11.9. The first kappa shape index (κ1) is 13.2. The van der Waals surface area contributed by atoms with Gasteiger partial charge in [-0.2, -0.15) is 0 Å². The van der Waals surface area contributed by atoms with Gasteiger partial charge in [-0.1, -0.05) is 12.1 Å². The fraction of sp³-hybridized carbons (Fsp3) is 0.118. The molecule has 0 saturated heterocycles. The van der Waals surface area contributed by atoms with Gasteiger partial charge in [-0.05, 0) is 43.7 Å². The minimum absolute atomic E-state index is 0.0451. The van der Waals surface area contributed by atoms with E-state index in [9.17, 15) is 4.79 Å². The van der Waals surface area contributed by atoms with E-state index < -0.39 is 0 Å². The number of aromatic nitrogens is 3. The molecule has 21 heavy (non-hydrogen) atoms. The van der Waals surface area contributed by atoms with Crippen LogP contribution in [-0.2, 0) is 0 Å². The van der Waals surface area contributed by atoms with Crippen molar-refractivity contribution in [3.05, 3.63) is 76.5 Å². The third-order valence-corrected chi connectivity index (χ3v) is 3.39. The molecule has 3 heterocycles. The van der Waals surface area contributed by atoms with Crippen LogP contribution in [-0.4, -0.2) is 14.5 Å². The van der Waals surface area contributed by atoms with E-state index in [2.05, 4.69) is 9.97 Å². The Kier molecular flexibility index (Phi) is 3.36. The Hall–Kier alpha value is -2.75. The van der Waals surface area contributed by atoms with Gasteiger partial charge >= 0.3 is 0 Å². The summed E-state index contributed by atoms with van der Waals surface area (Å²) in [5.74, 6) is 0. The van der Waals surface area contributed by atoms with Crippen molar-refractivity contribution in [1.29, 1.82) is 0 Å². The molecule has 4 nitrogen and oxygen atoms in total. The SMILES string of the molecule is Cc1cnc(-c2ccccn2)cc1-n1c(C)cccc1=O. The number of hydrogen-bond donors (Lipinski definition) is 0. The predicted molar refractivity (Wildman–Crippen MR) is 82.5 cm³/mol. The first-order valence-electron chi connectivity index (χ1n) is 6.74. The van der Waals surface area contributed by atoms with E-state index in [0.717, 1.165) is 28.3 Å². The van der Waals surface area contributed by atoms with Gasteiger partial charge in [0.05, 0.1) is 17.1 Å². The first-order chi connectivity index (χ1) is 10.2. The Morgan fingerprint density at radius 2 is 1.81 bits per heavy atom. The second-order valence-corrected chi connectivity index (χ2v) is 4.91. The number of rotatable bonds is 2. The van der Waals surface area contributed by atoms with Crippen molar-refractivity contribution in [2.75, 3.05) is 0 Å². The smallest absolute Gasteiger partial charge is 0.255 e. The van der Waals surface area contributed by atoms with Crippen LogP contribution in [0.25, 0.3) is 17.1 Å². The standard InChI is InChI=1S/C17H15N3O/c1-12-11-19-15(14-7-3-4-9-18-14)10-16(12)20-13(2)6-5-8-17(20)21/h3-11H,1-2H3. The normalized spacial score (nSPS) is 10.6. The van der Waals surface area contributed by atoms with Gasteiger partial charge in [-0.25, -0.2) is 0 Å². The van der Waals surface area contributed by atoms with Crippen LogP contribution in [0.4, 0.5) is 0 Å². The summed E-state index contributed by atoms with van der Waals surface area (Å²) in [7, 11) is 0. The summed E-state index contributed by atoms with van der Waals surface area (Å²) in [6, 6.07) is 12.8. The lowest BCUT2D eigenvalue weighted by Crippen LogP contribution is -2.20. The van der Waals surface area contributed by atoms with Gasteiger partial charge in [0.1, 0.15) is 0 Å². The van der Waals surface area contributed by atoms with Crippen LogP contribution in [0, 0.1) is 13.8 Å². The molecular formula is C17H15N3O. The number of pyridine rings is 3. The van der Waals surface area contributed by atoms with E-state index in [4.69, 9.17) is 0 Å². The number of nitrogens with zero attached hydrogens (tertiary/aromatic N) is 3. The van der Waals surface area contributed by atoms with Crippen LogP contribution in [0.2, 0.25) is 0 Å². The molecule has 0 aromatic carbocycles. The second-order valence-electron chi connectivity index (χ2n) is 4.91. The lowest BCUT2D eigenvalue weighted by molar-refractivity contribution is 0.920. The Bertz CT molecular complexity index is 838. The van der Waals surface area contributed by atoms with Crippen LogP contribution >= 0.6 is 0 Å². The Balaban J connectivity index is 2.22. The monoisotopic (exact) mass is 277 g/mol. The van der Waals surface area contributed by atoms with Gasteiger partial charge in [-0.3, -0.25) is 19.3 Å². The van der Waals surface area contributed by atoms with E-state index in [0.29, 0.717) is 0 Å². The Morgan fingerprint density at radius 3 is 2.52 bits per heavy atom. The van der Waals surface area contributed by atoms with Gasteiger partial charge in [0, 0.05) is 24.2 Å². The van der Waals surface area contributed by atoms with Crippen molar-refractivity contribution in [3.8, 4) is 17.1 Å². The van der Waals surface area contributed by atoms with Crippen molar-refractivity contribution >= 4 is 0 Å². The molecule has 104 valence electrons. The van der Waals surface area contributed by atoms with Crippen LogP contribution in [0.15, 0.2) is 59.7 Å². The molecule has 3 aromatic heterocycles. The summed E-state index contributed by atoms with van der Waals surface area (Å²) in [6.07, 6.45) is 3.51. The predicted octanol–water partition coefficient (Wildman–Crippen LogP) is 2.91. The average Bonchev–Trinajstić information content (AvgIpc) is 2.50. The van der Waals surface area contributed by atoms with Crippen LogP contribution in [0.5, 0.6) is 0 Å². The molecule has 0 aliphatic heterocycles. The topological polar surface area (TPSA) is 47.8 Å². The first-order valence-corrected chi connectivity index (χ1v) is 6.74. The summed E-state index contributed by atoms with van der Waals surface area (Å²) in [6.45, 7) is 3.87. The molecule has 0 unspecified atom stereocenters. The van der Waals surface area contributed by atoms with Gasteiger partial charge < -0.3 is 0 Å². The molecule has 3 rings (SSSR count). The highest BCUT2D eigenvalue weighted by molar-refractivity contribution is 5.59. The molecular weight excluding hydrogens is 262 g/mol. The van der Waals surface area contributed by atoms with E-state index in [1.165, 1.54) is 0 Å². The zero-order chi connectivity index (χ0) is 14.8. The van der Waals surface area contributed by atoms with E-state index in [1.54, 1.807) is 29.1 Å². The molecule has 4 heteroatoms. The summed E-state index contributed by atoms with van der Waals surface area (Å²) in [5.41, 5.74) is 4.19. The van der Waals surface area contributed by atoms with Gasteiger partial charge in [0.2, 0.25) is 0 Å². The van der Waals surface area contributed by atoms with E-state index >= 15 is 0 Å². The highest BCUT2D eigenvalue weighted by atomic mass is 16.1. The molecule has 0 amide bonds. The van der Waals surface area contributed by atoms with Crippen molar-refractivity contribution in [3.63, 3.8) is 0 Å². The van der Waals surface area contributed by atoms with Gasteiger partial charge in [0.25, 0.3) is 5.56 Å². The van der Waals surface area contributed by atoms with Crippen molar-refractivity contribution in [1.82, 2.24) is 14.5 Å². The zero-order valence-corrected chi connectivity index (χ0v) is 11.9. The minimum Gasteiger partial charge on any atom is -0.281 e. The van der Waals surface area contributed by atoms with E-state index in [1.807, 2.05) is 44.2 Å². The third-order valence-electron chi connectivity index (χ3n) is 3.39. The Morgan fingerprint density at radius 1 is 0.952 bits per heavy atom. The summed E-state index contributed by atoms with van der Waals surface area (Å²) in [5, 5.41) is 0. The summed E-state index contributed by atoms with van der Waals surface area (Å²) >= 11 is 0. The lowest BCUT2D eigenvalue weighted by atomic mass is 10.1. The lowest BCUT2D eigenvalue weighted by Gasteiger charge is -2.13. The van der Waals surface area contributed by atoms with Gasteiger partial charge in [-0.15, -0.1) is 0 Å². The fourth-order valence-corrected chi connectivity index (χ4v) is 2.31. The molecule has 0 aliphatic rings. The molecule has 0 N–H and O–H groups in total. The molecule has 0 spiro atoms. The van der Waals surface area contributed by atoms with Gasteiger partial charge in [0.15, 0.2) is 0 Å². The fourth-order valence-electron chi connectivity index (χ4n) is 2.31. The molecule has 0 atom stereocenters. The molecule has 3 aromatic rings. The maximum Gasteiger partial charge on any atom is 0.255 e.